The molecule has 0 saturated carbocycles. The molecule has 4 heteroatoms. The zero-order chi connectivity index (χ0) is 13.2. The summed E-state index contributed by atoms with van der Waals surface area (Å²) in [6.07, 6.45) is 0. The van der Waals surface area contributed by atoms with Crippen molar-refractivity contribution >= 4 is 23.2 Å². The van der Waals surface area contributed by atoms with Gasteiger partial charge in [-0.15, -0.1) is 0 Å². The molecule has 2 amide bonds. The normalized spacial score (nSPS) is 13.7. The first-order valence-corrected chi connectivity index (χ1v) is 6.02. The lowest BCUT2D eigenvalue weighted by Gasteiger charge is -2.28. The van der Waals surface area contributed by atoms with Gasteiger partial charge >= 0.3 is 0 Å². The maximum Gasteiger partial charge on any atom is 0.265 e. The summed E-state index contributed by atoms with van der Waals surface area (Å²) in [5.74, 6) is -0.535. The van der Waals surface area contributed by atoms with E-state index < -0.39 is 0 Å². The Labute approximate surface area is 110 Å². The SMILES string of the molecule is O=C1CNc2ccccc2N1C(=O)c1ccccc1. The van der Waals surface area contributed by atoms with Gasteiger partial charge in [0.25, 0.3) is 11.8 Å². The topological polar surface area (TPSA) is 49.4 Å². The van der Waals surface area contributed by atoms with Crippen LogP contribution in [0.3, 0.4) is 0 Å². The van der Waals surface area contributed by atoms with Crippen molar-refractivity contribution in [3.8, 4) is 0 Å². The Morgan fingerprint density at radius 1 is 1.00 bits per heavy atom. The van der Waals surface area contributed by atoms with Crippen molar-refractivity contribution in [1.82, 2.24) is 0 Å². The van der Waals surface area contributed by atoms with E-state index in [0.29, 0.717) is 11.3 Å². The molecule has 4 nitrogen and oxygen atoms in total. The number of anilines is 2. The summed E-state index contributed by atoms with van der Waals surface area (Å²) in [6.45, 7) is 0.135. The molecule has 1 aliphatic rings. The molecule has 0 unspecified atom stereocenters. The van der Waals surface area contributed by atoms with Gasteiger partial charge in [-0.25, -0.2) is 4.90 Å². The molecule has 0 radical (unpaired) electrons. The summed E-state index contributed by atoms with van der Waals surface area (Å²) in [4.78, 5) is 25.7. The van der Waals surface area contributed by atoms with Crippen LogP contribution < -0.4 is 10.2 Å². The third kappa shape index (κ3) is 1.97. The number of hydrogen-bond donors (Lipinski definition) is 1. The highest BCUT2D eigenvalue weighted by atomic mass is 16.2. The third-order valence-electron chi connectivity index (χ3n) is 3.05. The van der Waals surface area contributed by atoms with E-state index in [1.165, 1.54) is 4.90 Å². The molecule has 3 rings (SSSR count). The molecule has 2 aromatic rings. The standard InChI is InChI=1S/C15H12N2O2/c18-14-10-16-12-8-4-5-9-13(12)17(14)15(19)11-6-2-1-3-7-11/h1-9,16H,10H2. The van der Waals surface area contributed by atoms with Gasteiger partial charge in [-0.2, -0.15) is 0 Å². The fourth-order valence-electron chi connectivity index (χ4n) is 2.13. The van der Waals surface area contributed by atoms with Crippen molar-refractivity contribution in [2.24, 2.45) is 0 Å². The number of amides is 2. The number of fused-ring (bicyclic) bond motifs is 1. The zero-order valence-electron chi connectivity index (χ0n) is 10.2. The molecule has 94 valence electrons. The number of carbonyl (C=O) groups excluding carboxylic acids is 2. The predicted octanol–water partition coefficient (Wildman–Crippen LogP) is 2.29. The van der Waals surface area contributed by atoms with Gasteiger partial charge in [0.1, 0.15) is 0 Å². The van der Waals surface area contributed by atoms with Crippen LogP contribution in [0.4, 0.5) is 11.4 Å². The van der Waals surface area contributed by atoms with Crippen LogP contribution in [-0.4, -0.2) is 18.4 Å². The summed E-state index contributed by atoms with van der Waals surface area (Å²) in [6, 6.07) is 16.1. The molecule has 0 saturated heterocycles. The quantitative estimate of drug-likeness (QED) is 0.792. The molecule has 19 heavy (non-hydrogen) atoms. The average Bonchev–Trinajstić information content (AvgIpc) is 2.47. The number of carbonyl (C=O) groups is 2. The van der Waals surface area contributed by atoms with E-state index >= 15 is 0 Å². The maximum absolute atomic E-state index is 12.5. The molecular formula is C15H12N2O2. The molecule has 0 aromatic heterocycles. The Bertz CT molecular complexity index is 638. The first-order valence-electron chi connectivity index (χ1n) is 6.02. The lowest BCUT2D eigenvalue weighted by Crippen LogP contribution is -2.44. The summed E-state index contributed by atoms with van der Waals surface area (Å²) >= 11 is 0. The first kappa shape index (κ1) is 11.5. The summed E-state index contributed by atoms with van der Waals surface area (Å²) in [7, 11) is 0. The van der Waals surface area contributed by atoms with Crippen LogP contribution in [-0.2, 0) is 4.79 Å². The predicted molar refractivity (Wildman–Crippen MR) is 73.2 cm³/mol. The highest BCUT2D eigenvalue weighted by molar-refractivity contribution is 6.24. The molecule has 1 heterocycles. The third-order valence-corrected chi connectivity index (χ3v) is 3.05. The molecule has 0 aliphatic carbocycles. The molecule has 0 spiro atoms. The lowest BCUT2D eigenvalue weighted by molar-refractivity contribution is -0.116. The van der Waals surface area contributed by atoms with Crippen LogP contribution in [0.25, 0.3) is 0 Å². The largest absolute Gasteiger partial charge is 0.374 e. The number of rotatable bonds is 1. The van der Waals surface area contributed by atoms with Crippen LogP contribution in [0, 0.1) is 0 Å². The number of imide groups is 1. The Hall–Kier alpha value is -2.62. The number of benzene rings is 2. The lowest BCUT2D eigenvalue weighted by atomic mass is 10.1. The van der Waals surface area contributed by atoms with Gasteiger partial charge in [0.2, 0.25) is 0 Å². The van der Waals surface area contributed by atoms with E-state index in [0.717, 1.165) is 5.69 Å². The number of nitrogens with one attached hydrogen (secondary N) is 1. The summed E-state index contributed by atoms with van der Waals surface area (Å²) < 4.78 is 0. The van der Waals surface area contributed by atoms with Crippen LogP contribution in [0.2, 0.25) is 0 Å². The zero-order valence-corrected chi connectivity index (χ0v) is 10.2. The van der Waals surface area contributed by atoms with Gasteiger partial charge in [0, 0.05) is 5.56 Å². The van der Waals surface area contributed by atoms with Crippen molar-refractivity contribution in [1.29, 1.82) is 0 Å². The van der Waals surface area contributed by atoms with Crippen molar-refractivity contribution < 1.29 is 9.59 Å². The summed E-state index contributed by atoms with van der Waals surface area (Å²) in [5.41, 5.74) is 1.91. The minimum atomic E-state index is -0.292. The van der Waals surface area contributed by atoms with Crippen LogP contribution in [0.1, 0.15) is 10.4 Å². The Balaban J connectivity index is 2.05. The van der Waals surface area contributed by atoms with Gasteiger partial charge in [-0.3, -0.25) is 9.59 Å². The monoisotopic (exact) mass is 252 g/mol. The van der Waals surface area contributed by atoms with E-state index in [9.17, 15) is 9.59 Å². The van der Waals surface area contributed by atoms with Crippen LogP contribution in [0.5, 0.6) is 0 Å². The second-order valence-electron chi connectivity index (χ2n) is 4.27. The molecule has 1 aliphatic heterocycles. The van der Waals surface area contributed by atoms with Gasteiger partial charge in [-0.05, 0) is 24.3 Å². The smallest absolute Gasteiger partial charge is 0.265 e. The average molecular weight is 252 g/mol. The number of hydrogen-bond acceptors (Lipinski definition) is 3. The van der Waals surface area contributed by atoms with E-state index in [1.54, 1.807) is 30.3 Å². The fourth-order valence-corrected chi connectivity index (χ4v) is 2.13. The summed E-state index contributed by atoms with van der Waals surface area (Å²) in [5, 5.41) is 3.01. The van der Waals surface area contributed by atoms with Crippen molar-refractivity contribution in [3.63, 3.8) is 0 Å². The number of para-hydroxylation sites is 2. The molecule has 1 N–H and O–H groups in total. The van der Waals surface area contributed by atoms with Crippen molar-refractivity contribution in [2.75, 3.05) is 16.8 Å². The Kier molecular flexibility index (Phi) is 2.76. The van der Waals surface area contributed by atoms with Crippen LogP contribution >= 0.6 is 0 Å². The van der Waals surface area contributed by atoms with E-state index in [1.807, 2.05) is 24.3 Å². The molecule has 2 aromatic carbocycles. The maximum atomic E-state index is 12.5. The number of nitrogens with zero attached hydrogens (tertiary/aromatic N) is 1. The van der Waals surface area contributed by atoms with Crippen molar-refractivity contribution in [3.05, 3.63) is 60.2 Å². The molecule has 0 atom stereocenters. The first-order chi connectivity index (χ1) is 9.27. The van der Waals surface area contributed by atoms with Gasteiger partial charge in [0.05, 0.1) is 17.9 Å². The Morgan fingerprint density at radius 3 is 2.47 bits per heavy atom. The van der Waals surface area contributed by atoms with Crippen molar-refractivity contribution in [2.45, 2.75) is 0 Å². The second kappa shape index (κ2) is 4.57. The highest BCUT2D eigenvalue weighted by Gasteiger charge is 2.29. The van der Waals surface area contributed by atoms with Gasteiger partial charge in [0.15, 0.2) is 0 Å². The minimum absolute atomic E-state index is 0.135. The molecular weight excluding hydrogens is 240 g/mol. The van der Waals surface area contributed by atoms with E-state index in [2.05, 4.69) is 5.32 Å². The van der Waals surface area contributed by atoms with Gasteiger partial charge < -0.3 is 5.32 Å². The van der Waals surface area contributed by atoms with Gasteiger partial charge in [-0.1, -0.05) is 30.3 Å². The fraction of sp³-hybridized carbons (Fsp3) is 0.0667. The second-order valence-corrected chi connectivity index (χ2v) is 4.27. The van der Waals surface area contributed by atoms with E-state index in [-0.39, 0.29) is 18.4 Å². The van der Waals surface area contributed by atoms with Crippen LogP contribution in [0.15, 0.2) is 54.6 Å². The minimum Gasteiger partial charge on any atom is -0.374 e. The van der Waals surface area contributed by atoms with E-state index in [4.69, 9.17) is 0 Å². The molecule has 0 fully saturated rings. The highest BCUT2D eigenvalue weighted by Crippen LogP contribution is 2.30. The molecule has 0 bridgehead atoms. The Morgan fingerprint density at radius 2 is 1.68 bits per heavy atom.